The molecule has 2 aliphatic rings. The smallest absolute Gasteiger partial charge is 0.320 e. The molecular weight excluding hydrogens is 270 g/mol. The van der Waals surface area contributed by atoms with Gasteiger partial charge in [-0.2, -0.15) is 0 Å². The minimum Gasteiger partial charge on any atom is -0.481 e. The highest BCUT2D eigenvalue weighted by molar-refractivity contribution is 5.77. The van der Waals surface area contributed by atoms with Crippen molar-refractivity contribution in [2.75, 3.05) is 32.7 Å². The number of carboxylic acid groups (broad SMARTS) is 1. The summed E-state index contributed by atoms with van der Waals surface area (Å²) in [7, 11) is 0. The SMILES string of the molecule is CCN(CC)C1CCN(C(=O)N2CCCC2CC(=O)O)C1. The van der Waals surface area contributed by atoms with E-state index < -0.39 is 5.97 Å². The molecule has 6 nitrogen and oxygen atoms in total. The first kappa shape index (κ1) is 16.1. The third-order valence-electron chi connectivity index (χ3n) is 4.80. The van der Waals surface area contributed by atoms with Crippen LogP contribution in [-0.4, -0.2) is 76.6 Å². The van der Waals surface area contributed by atoms with Crippen molar-refractivity contribution in [3.05, 3.63) is 0 Å². The molecule has 0 spiro atoms. The zero-order valence-electron chi connectivity index (χ0n) is 13.1. The first-order valence-corrected chi connectivity index (χ1v) is 8.08. The fraction of sp³-hybridized carbons (Fsp3) is 0.867. The van der Waals surface area contributed by atoms with Crippen molar-refractivity contribution in [1.82, 2.24) is 14.7 Å². The highest BCUT2D eigenvalue weighted by Gasteiger charge is 2.36. The number of amides is 2. The van der Waals surface area contributed by atoms with Crippen LogP contribution in [0.5, 0.6) is 0 Å². The van der Waals surface area contributed by atoms with E-state index in [0.717, 1.165) is 45.4 Å². The summed E-state index contributed by atoms with van der Waals surface area (Å²) in [4.78, 5) is 29.6. The molecule has 2 saturated heterocycles. The van der Waals surface area contributed by atoms with Crippen molar-refractivity contribution in [2.24, 2.45) is 0 Å². The van der Waals surface area contributed by atoms with Crippen LogP contribution in [-0.2, 0) is 4.79 Å². The highest BCUT2D eigenvalue weighted by Crippen LogP contribution is 2.24. The van der Waals surface area contributed by atoms with E-state index in [0.29, 0.717) is 12.6 Å². The van der Waals surface area contributed by atoms with Gasteiger partial charge in [0, 0.05) is 31.7 Å². The summed E-state index contributed by atoms with van der Waals surface area (Å²) in [6.07, 6.45) is 2.81. The van der Waals surface area contributed by atoms with Crippen LogP contribution in [0.4, 0.5) is 4.79 Å². The minimum atomic E-state index is -0.817. The van der Waals surface area contributed by atoms with Gasteiger partial charge in [-0.3, -0.25) is 9.69 Å². The zero-order valence-corrected chi connectivity index (χ0v) is 13.1. The molecule has 6 heteroatoms. The van der Waals surface area contributed by atoms with E-state index in [4.69, 9.17) is 5.11 Å². The summed E-state index contributed by atoms with van der Waals surface area (Å²) in [5.74, 6) is -0.817. The molecule has 0 radical (unpaired) electrons. The number of rotatable bonds is 5. The fourth-order valence-electron chi connectivity index (χ4n) is 3.64. The molecule has 2 atom stereocenters. The molecule has 2 rings (SSSR count). The lowest BCUT2D eigenvalue weighted by molar-refractivity contribution is -0.138. The average Bonchev–Trinajstić information content (AvgIpc) is 3.08. The van der Waals surface area contributed by atoms with E-state index in [1.807, 2.05) is 4.90 Å². The second kappa shape index (κ2) is 7.11. The Hall–Kier alpha value is -1.30. The van der Waals surface area contributed by atoms with Gasteiger partial charge in [-0.05, 0) is 32.4 Å². The standard InChI is InChI=1S/C15H27N3O3/c1-3-16(4-2)13-7-9-17(11-13)15(21)18-8-5-6-12(18)10-14(19)20/h12-13H,3-11H2,1-2H3,(H,19,20). The number of hydrogen-bond acceptors (Lipinski definition) is 3. The van der Waals surface area contributed by atoms with Crippen LogP contribution >= 0.6 is 0 Å². The van der Waals surface area contributed by atoms with Crippen LogP contribution in [0.3, 0.4) is 0 Å². The molecule has 1 N–H and O–H groups in total. The molecule has 0 aliphatic carbocycles. The summed E-state index contributed by atoms with van der Waals surface area (Å²) in [6, 6.07) is 0.361. The van der Waals surface area contributed by atoms with E-state index in [2.05, 4.69) is 18.7 Å². The third kappa shape index (κ3) is 3.67. The predicted octanol–water partition coefficient (Wildman–Crippen LogP) is 1.46. The molecule has 120 valence electrons. The van der Waals surface area contributed by atoms with Gasteiger partial charge in [0.05, 0.1) is 6.42 Å². The number of aliphatic carboxylic acids is 1. The topological polar surface area (TPSA) is 64.1 Å². The van der Waals surface area contributed by atoms with Crippen LogP contribution in [0.15, 0.2) is 0 Å². The maximum absolute atomic E-state index is 12.6. The number of hydrogen-bond donors (Lipinski definition) is 1. The first-order valence-electron chi connectivity index (χ1n) is 8.08. The Balaban J connectivity index is 1.93. The normalized spacial score (nSPS) is 25.9. The molecule has 0 aromatic carbocycles. The molecule has 0 bridgehead atoms. The van der Waals surface area contributed by atoms with Crippen molar-refractivity contribution in [2.45, 2.75) is 51.6 Å². The third-order valence-corrected chi connectivity index (χ3v) is 4.80. The molecule has 2 aliphatic heterocycles. The van der Waals surface area contributed by atoms with Gasteiger partial charge in [0.2, 0.25) is 0 Å². The Morgan fingerprint density at radius 2 is 1.90 bits per heavy atom. The van der Waals surface area contributed by atoms with Gasteiger partial charge in [0.15, 0.2) is 0 Å². The zero-order chi connectivity index (χ0) is 15.4. The van der Waals surface area contributed by atoms with E-state index in [1.54, 1.807) is 4.90 Å². The average molecular weight is 297 g/mol. The molecule has 0 aromatic heterocycles. The lowest BCUT2D eigenvalue weighted by Crippen LogP contribution is -2.46. The molecule has 2 amide bonds. The molecule has 2 heterocycles. The Kier molecular flexibility index (Phi) is 5.45. The van der Waals surface area contributed by atoms with Crippen LogP contribution in [0.2, 0.25) is 0 Å². The largest absolute Gasteiger partial charge is 0.481 e. The van der Waals surface area contributed by atoms with Crippen molar-refractivity contribution < 1.29 is 14.7 Å². The summed E-state index contributed by atoms with van der Waals surface area (Å²) in [5, 5.41) is 8.96. The summed E-state index contributed by atoms with van der Waals surface area (Å²) in [6.45, 7) is 8.58. The van der Waals surface area contributed by atoms with E-state index in [1.165, 1.54) is 0 Å². The number of carbonyl (C=O) groups is 2. The second-order valence-electron chi connectivity index (χ2n) is 5.98. The fourth-order valence-corrected chi connectivity index (χ4v) is 3.64. The lowest BCUT2D eigenvalue weighted by atomic mass is 10.1. The quantitative estimate of drug-likeness (QED) is 0.834. The predicted molar refractivity (Wildman–Crippen MR) is 80.3 cm³/mol. The van der Waals surface area contributed by atoms with Gasteiger partial charge < -0.3 is 14.9 Å². The molecular formula is C15H27N3O3. The monoisotopic (exact) mass is 297 g/mol. The van der Waals surface area contributed by atoms with Crippen LogP contribution in [0, 0.1) is 0 Å². The van der Waals surface area contributed by atoms with Crippen molar-refractivity contribution in [3.8, 4) is 0 Å². The molecule has 0 aromatic rings. The van der Waals surface area contributed by atoms with Gasteiger partial charge >= 0.3 is 12.0 Å². The van der Waals surface area contributed by atoms with Crippen molar-refractivity contribution in [3.63, 3.8) is 0 Å². The van der Waals surface area contributed by atoms with E-state index >= 15 is 0 Å². The summed E-state index contributed by atoms with van der Waals surface area (Å²) in [5.41, 5.74) is 0. The van der Waals surface area contributed by atoms with Gasteiger partial charge in [-0.1, -0.05) is 13.8 Å². The molecule has 21 heavy (non-hydrogen) atoms. The highest BCUT2D eigenvalue weighted by atomic mass is 16.4. The maximum atomic E-state index is 12.6. The number of carbonyl (C=O) groups excluding carboxylic acids is 1. The van der Waals surface area contributed by atoms with Crippen molar-refractivity contribution in [1.29, 1.82) is 0 Å². The maximum Gasteiger partial charge on any atom is 0.320 e. The van der Waals surface area contributed by atoms with Crippen LogP contribution in [0.1, 0.15) is 39.5 Å². The summed E-state index contributed by atoms with van der Waals surface area (Å²) >= 11 is 0. The summed E-state index contributed by atoms with van der Waals surface area (Å²) < 4.78 is 0. The number of urea groups is 1. The Bertz CT molecular complexity index is 384. The van der Waals surface area contributed by atoms with E-state index in [9.17, 15) is 9.59 Å². The number of carboxylic acids is 1. The second-order valence-corrected chi connectivity index (χ2v) is 5.98. The number of likely N-dealkylation sites (N-methyl/N-ethyl adjacent to an activating group) is 1. The molecule has 2 unspecified atom stereocenters. The van der Waals surface area contributed by atoms with Gasteiger partial charge in [-0.25, -0.2) is 4.79 Å². The molecule has 0 saturated carbocycles. The Labute approximate surface area is 126 Å². The van der Waals surface area contributed by atoms with Gasteiger partial charge in [0.25, 0.3) is 0 Å². The van der Waals surface area contributed by atoms with Gasteiger partial charge in [-0.15, -0.1) is 0 Å². The van der Waals surface area contributed by atoms with Crippen LogP contribution < -0.4 is 0 Å². The molecule has 2 fully saturated rings. The number of likely N-dealkylation sites (tertiary alicyclic amines) is 2. The Morgan fingerprint density at radius 3 is 2.52 bits per heavy atom. The van der Waals surface area contributed by atoms with Gasteiger partial charge in [0.1, 0.15) is 0 Å². The lowest BCUT2D eigenvalue weighted by Gasteiger charge is -2.30. The van der Waals surface area contributed by atoms with Crippen molar-refractivity contribution >= 4 is 12.0 Å². The Morgan fingerprint density at radius 1 is 1.19 bits per heavy atom. The van der Waals surface area contributed by atoms with E-state index in [-0.39, 0.29) is 18.5 Å². The first-order chi connectivity index (χ1) is 10.1. The number of nitrogens with zero attached hydrogens (tertiary/aromatic N) is 3. The van der Waals surface area contributed by atoms with Crippen LogP contribution in [0.25, 0.3) is 0 Å². The minimum absolute atomic E-state index is 0.0356.